The minimum atomic E-state index is -0.269. The highest BCUT2D eigenvalue weighted by Gasteiger charge is 2.21. The Morgan fingerprint density at radius 1 is 1.48 bits per heavy atom. The summed E-state index contributed by atoms with van der Waals surface area (Å²) in [5, 5.41) is 2.16. The molecule has 0 radical (unpaired) electrons. The molecule has 5 heteroatoms. The fourth-order valence-electron chi connectivity index (χ4n) is 2.46. The van der Waals surface area contributed by atoms with Crippen LogP contribution in [0, 0.1) is 0 Å². The third-order valence-corrected chi connectivity index (χ3v) is 3.76. The van der Waals surface area contributed by atoms with Gasteiger partial charge in [0.05, 0.1) is 12.3 Å². The van der Waals surface area contributed by atoms with E-state index in [-0.39, 0.29) is 12.3 Å². The maximum atomic E-state index is 11.4. The van der Waals surface area contributed by atoms with E-state index in [1.54, 1.807) is 0 Å². The van der Waals surface area contributed by atoms with Gasteiger partial charge >= 0.3 is 0 Å². The summed E-state index contributed by atoms with van der Waals surface area (Å²) in [6.07, 6.45) is 1.63. The highest BCUT2D eigenvalue weighted by molar-refractivity contribution is 5.86. The first-order valence-electron chi connectivity index (χ1n) is 7.26. The van der Waals surface area contributed by atoms with Crippen LogP contribution in [0.5, 0.6) is 5.75 Å². The molecule has 1 aliphatic heterocycles. The Balaban J connectivity index is 2.18. The van der Waals surface area contributed by atoms with E-state index in [2.05, 4.69) is 31.3 Å². The van der Waals surface area contributed by atoms with Gasteiger partial charge in [0.1, 0.15) is 5.75 Å². The molecule has 1 aliphatic rings. The van der Waals surface area contributed by atoms with E-state index in [1.807, 2.05) is 11.9 Å². The molecule has 1 heterocycles. The molecule has 0 aliphatic carbocycles. The largest absolute Gasteiger partial charge is 0.491 e. The van der Waals surface area contributed by atoms with Gasteiger partial charge in [0, 0.05) is 26.4 Å². The molecule has 0 bridgehead atoms. The lowest BCUT2D eigenvalue weighted by atomic mass is 9.98. The lowest BCUT2D eigenvalue weighted by molar-refractivity contribution is -0.125. The van der Waals surface area contributed by atoms with Crippen LogP contribution in [0.1, 0.15) is 37.3 Å². The number of hydrogen-bond donors (Lipinski definition) is 1. The fraction of sp³-hybridized carbons (Fsp3) is 0.500. The maximum absolute atomic E-state index is 11.4. The van der Waals surface area contributed by atoms with Crippen LogP contribution in [0.4, 0.5) is 5.69 Å². The molecule has 0 aromatic heterocycles. The smallest absolute Gasteiger partial charge is 0.228 e. The van der Waals surface area contributed by atoms with Crippen LogP contribution in [-0.4, -0.2) is 32.5 Å². The summed E-state index contributed by atoms with van der Waals surface area (Å²) in [4.78, 5) is 23.6. The van der Waals surface area contributed by atoms with Gasteiger partial charge in [0.15, 0.2) is 0 Å². The number of fused-ring (bicyclic) bond motifs is 1. The number of carbonyl (C=O) groups excluding carboxylic acids is 2. The van der Waals surface area contributed by atoms with Gasteiger partial charge in [-0.3, -0.25) is 14.9 Å². The van der Waals surface area contributed by atoms with Crippen molar-refractivity contribution in [1.82, 2.24) is 5.32 Å². The SMILES string of the molecule is CC(C)c1cc2c(c(N(C)CCC(=O)NC=O)c1)OCC2. The minimum absolute atomic E-state index is 0.269. The molecule has 5 nitrogen and oxygen atoms in total. The molecule has 2 amide bonds. The number of hydrogen-bond acceptors (Lipinski definition) is 4. The van der Waals surface area contributed by atoms with Crippen molar-refractivity contribution in [3.63, 3.8) is 0 Å². The Morgan fingerprint density at radius 3 is 2.90 bits per heavy atom. The summed E-state index contributed by atoms with van der Waals surface area (Å²) >= 11 is 0. The van der Waals surface area contributed by atoms with E-state index < -0.39 is 0 Å². The van der Waals surface area contributed by atoms with E-state index in [1.165, 1.54) is 11.1 Å². The zero-order chi connectivity index (χ0) is 15.4. The molecular weight excluding hydrogens is 268 g/mol. The Bertz CT molecular complexity index is 541. The summed E-state index contributed by atoms with van der Waals surface area (Å²) in [7, 11) is 1.94. The zero-order valence-corrected chi connectivity index (χ0v) is 12.8. The zero-order valence-electron chi connectivity index (χ0n) is 12.8. The molecule has 0 saturated heterocycles. The number of imide groups is 1. The minimum Gasteiger partial charge on any atom is -0.491 e. The molecule has 114 valence electrons. The third kappa shape index (κ3) is 3.54. The highest BCUT2D eigenvalue weighted by atomic mass is 16.5. The number of nitrogens with zero attached hydrogens (tertiary/aromatic N) is 1. The predicted molar refractivity (Wildman–Crippen MR) is 81.8 cm³/mol. The molecule has 21 heavy (non-hydrogen) atoms. The first kappa shape index (κ1) is 15.4. The molecular formula is C16H22N2O3. The lowest BCUT2D eigenvalue weighted by Crippen LogP contribution is -2.28. The molecule has 0 spiro atoms. The van der Waals surface area contributed by atoms with Crippen molar-refractivity contribution >= 4 is 18.0 Å². The number of anilines is 1. The Hall–Kier alpha value is -2.04. The molecule has 0 unspecified atom stereocenters. The molecule has 0 atom stereocenters. The molecule has 0 saturated carbocycles. The van der Waals surface area contributed by atoms with Gasteiger partial charge in [0.25, 0.3) is 0 Å². The monoisotopic (exact) mass is 290 g/mol. The van der Waals surface area contributed by atoms with Crippen molar-refractivity contribution in [1.29, 1.82) is 0 Å². The van der Waals surface area contributed by atoms with Gasteiger partial charge < -0.3 is 9.64 Å². The van der Waals surface area contributed by atoms with Gasteiger partial charge in [-0.25, -0.2) is 0 Å². The van der Waals surface area contributed by atoms with Gasteiger partial charge in [-0.05, 0) is 23.1 Å². The first-order valence-corrected chi connectivity index (χ1v) is 7.26. The van der Waals surface area contributed by atoms with Crippen LogP contribution >= 0.6 is 0 Å². The number of ether oxygens (including phenoxy) is 1. The summed E-state index contributed by atoms with van der Waals surface area (Å²) in [5.74, 6) is 1.11. The average molecular weight is 290 g/mol. The van der Waals surface area contributed by atoms with Crippen LogP contribution < -0.4 is 15.0 Å². The van der Waals surface area contributed by atoms with Crippen molar-refractivity contribution in [2.45, 2.75) is 32.6 Å². The predicted octanol–water partition coefficient (Wildman–Crippen LogP) is 1.84. The van der Waals surface area contributed by atoms with Gasteiger partial charge in [0.2, 0.25) is 12.3 Å². The second-order valence-corrected chi connectivity index (χ2v) is 5.64. The van der Waals surface area contributed by atoms with Crippen LogP contribution in [0.15, 0.2) is 12.1 Å². The van der Waals surface area contributed by atoms with Crippen LogP contribution in [0.2, 0.25) is 0 Å². The summed E-state index contributed by atoms with van der Waals surface area (Å²) in [5.41, 5.74) is 3.53. The van der Waals surface area contributed by atoms with E-state index in [9.17, 15) is 9.59 Å². The molecule has 1 aromatic carbocycles. The van der Waals surface area contributed by atoms with Crippen LogP contribution in [0.25, 0.3) is 0 Å². The van der Waals surface area contributed by atoms with E-state index in [4.69, 9.17) is 4.74 Å². The summed E-state index contributed by atoms with van der Waals surface area (Å²) in [6.45, 7) is 5.58. The van der Waals surface area contributed by atoms with E-state index >= 15 is 0 Å². The lowest BCUT2D eigenvalue weighted by Gasteiger charge is -2.23. The fourth-order valence-corrected chi connectivity index (χ4v) is 2.46. The Labute approximate surface area is 125 Å². The van der Waals surface area contributed by atoms with E-state index in [0.29, 0.717) is 25.5 Å². The van der Waals surface area contributed by atoms with Crippen molar-refractivity contribution in [3.8, 4) is 5.75 Å². The quantitative estimate of drug-likeness (QED) is 0.812. The number of amides is 2. The van der Waals surface area contributed by atoms with Gasteiger partial charge in [-0.2, -0.15) is 0 Å². The second kappa shape index (κ2) is 6.61. The third-order valence-electron chi connectivity index (χ3n) is 3.76. The van der Waals surface area contributed by atoms with E-state index in [0.717, 1.165) is 17.9 Å². The molecule has 1 aromatic rings. The molecule has 2 rings (SSSR count). The van der Waals surface area contributed by atoms with Crippen molar-refractivity contribution in [2.75, 3.05) is 25.1 Å². The number of nitrogens with one attached hydrogen (secondary N) is 1. The summed E-state index contributed by atoms with van der Waals surface area (Å²) in [6, 6.07) is 4.34. The maximum Gasteiger partial charge on any atom is 0.228 e. The van der Waals surface area contributed by atoms with Gasteiger partial charge in [-0.15, -0.1) is 0 Å². The Kier molecular flexibility index (Phi) is 4.83. The molecule has 1 N–H and O–H groups in total. The summed E-state index contributed by atoms with van der Waals surface area (Å²) < 4.78 is 5.74. The van der Waals surface area contributed by atoms with Crippen molar-refractivity contribution in [2.24, 2.45) is 0 Å². The highest BCUT2D eigenvalue weighted by Crippen LogP contribution is 2.38. The topological polar surface area (TPSA) is 58.6 Å². The molecule has 0 fully saturated rings. The standard InChI is InChI=1S/C16H22N2O3/c1-11(2)13-8-12-5-7-21-16(12)14(9-13)18(3)6-4-15(20)17-10-19/h8-11H,4-7H2,1-3H3,(H,17,19,20). The number of rotatable bonds is 6. The van der Waals surface area contributed by atoms with Crippen molar-refractivity contribution in [3.05, 3.63) is 23.3 Å². The number of benzene rings is 1. The van der Waals surface area contributed by atoms with Crippen LogP contribution in [0.3, 0.4) is 0 Å². The van der Waals surface area contributed by atoms with Crippen molar-refractivity contribution < 1.29 is 14.3 Å². The first-order chi connectivity index (χ1) is 10.0. The number of carbonyl (C=O) groups is 2. The Morgan fingerprint density at radius 2 is 2.24 bits per heavy atom. The van der Waals surface area contributed by atoms with Gasteiger partial charge in [-0.1, -0.05) is 19.9 Å². The second-order valence-electron chi connectivity index (χ2n) is 5.64. The normalized spacial score (nSPS) is 12.8. The van der Waals surface area contributed by atoms with Crippen LogP contribution in [-0.2, 0) is 16.0 Å². The average Bonchev–Trinajstić information content (AvgIpc) is 2.92.